The van der Waals surface area contributed by atoms with Crippen molar-refractivity contribution >= 4 is 5.97 Å². The van der Waals surface area contributed by atoms with Crippen molar-refractivity contribution < 1.29 is 9.90 Å². The molecule has 1 aliphatic heterocycles. The lowest BCUT2D eigenvalue weighted by molar-refractivity contribution is -0.144. The Balaban J connectivity index is 2.46. The molecule has 1 rings (SSSR count). The van der Waals surface area contributed by atoms with Crippen LogP contribution in [0.15, 0.2) is 0 Å². The van der Waals surface area contributed by atoms with Gasteiger partial charge in [-0.1, -0.05) is 27.2 Å². The van der Waals surface area contributed by atoms with Crippen molar-refractivity contribution in [1.82, 2.24) is 4.90 Å². The first-order valence-electron chi connectivity index (χ1n) is 5.87. The largest absolute Gasteiger partial charge is 0.480 e. The Labute approximate surface area is 92.5 Å². The number of rotatable bonds is 3. The molecule has 1 saturated heterocycles. The maximum absolute atomic E-state index is 11.0. The zero-order valence-corrected chi connectivity index (χ0v) is 10.1. The van der Waals surface area contributed by atoms with Gasteiger partial charge >= 0.3 is 5.97 Å². The summed E-state index contributed by atoms with van der Waals surface area (Å²) in [6.45, 7) is 8.47. The number of hydrogen-bond acceptors (Lipinski definition) is 2. The fraction of sp³-hybridized carbons (Fsp3) is 0.917. The van der Waals surface area contributed by atoms with Crippen LogP contribution in [0, 0.1) is 5.41 Å². The number of likely N-dealkylation sites (tertiary alicyclic amines) is 1. The second-order valence-electron chi connectivity index (χ2n) is 5.70. The number of hydrogen-bond donors (Lipinski definition) is 1. The van der Waals surface area contributed by atoms with Gasteiger partial charge in [0.05, 0.1) is 0 Å². The van der Waals surface area contributed by atoms with Gasteiger partial charge in [0.1, 0.15) is 6.04 Å². The van der Waals surface area contributed by atoms with Gasteiger partial charge < -0.3 is 5.11 Å². The van der Waals surface area contributed by atoms with Crippen LogP contribution in [-0.2, 0) is 4.79 Å². The van der Waals surface area contributed by atoms with Crippen LogP contribution in [0.1, 0.15) is 46.5 Å². The van der Waals surface area contributed by atoms with Gasteiger partial charge in [-0.2, -0.15) is 0 Å². The molecule has 1 N–H and O–H groups in total. The van der Waals surface area contributed by atoms with Gasteiger partial charge in [-0.3, -0.25) is 9.69 Å². The Morgan fingerprint density at radius 2 is 2.07 bits per heavy atom. The Morgan fingerprint density at radius 3 is 2.60 bits per heavy atom. The molecule has 1 unspecified atom stereocenters. The Kier molecular flexibility index (Phi) is 4.14. The van der Waals surface area contributed by atoms with Crippen LogP contribution in [0.3, 0.4) is 0 Å². The zero-order valence-electron chi connectivity index (χ0n) is 10.1. The van der Waals surface area contributed by atoms with Crippen LogP contribution in [0.25, 0.3) is 0 Å². The van der Waals surface area contributed by atoms with E-state index in [4.69, 9.17) is 5.11 Å². The minimum absolute atomic E-state index is 0.235. The van der Waals surface area contributed by atoms with Crippen LogP contribution in [0.4, 0.5) is 0 Å². The molecule has 3 heteroatoms. The summed E-state index contributed by atoms with van der Waals surface area (Å²) in [5.41, 5.74) is 0.292. The molecule has 0 aliphatic carbocycles. The SMILES string of the molecule is CC(C)(C)CCN1CCCCC1C(=O)O. The van der Waals surface area contributed by atoms with Gasteiger partial charge in [0.2, 0.25) is 0 Å². The van der Waals surface area contributed by atoms with Gasteiger partial charge in [0.25, 0.3) is 0 Å². The maximum atomic E-state index is 11.0. The Morgan fingerprint density at radius 1 is 1.40 bits per heavy atom. The van der Waals surface area contributed by atoms with Gasteiger partial charge in [-0.15, -0.1) is 0 Å². The number of carboxylic acids is 1. The zero-order chi connectivity index (χ0) is 11.5. The second kappa shape index (κ2) is 4.97. The number of nitrogens with zero attached hydrogens (tertiary/aromatic N) is 1. The van der Waals surface area contributed by atoms with Crippen molar-refractivity contribution in [3.8, 4) is 0 Å². The average molecular weight is 213 g/mol. The maximum Gasteiger partial charge on any atom is 0.320 e. The van der Waals surface area contributed by atoms with E-state index in [1.54, 1.807) is 0 Å². The van der Waals surface area contributed by atoms with Crippen LogP contribution in [0.5, 0.6) is 0 Å². The molecule has 0 saturated carbocycles. The van der Waals surface area contributed by atoms with E-state index in [1.165, 1.54) is 0 Å². The van der Waals surface area contributed by atoms with Crippen LogP contribution in [0.2, 0.25) is 0 Å². The molecule has 0 spiro atoms. The van der Waals surface area contributed by atoms with E-state index in [9.17, 15) is 4.79 Å². The third kappa shape index (κ3) is 4.20. The summed E-state index contributed by atoms with van der Waals surface area (Å²) in [4.78, 5) is 13.2. The first kappa shape index (κ1) is 12.5. The van der Waals surface area contributed by atoms with Crippen molar-refractivity contribution in [3.63, 3.8) is 0 Å². The van der Waals surface area contributed by atoms with Crippen LogP contribution < -0.4 is 0 Å². The second-order valence-corrected chi connectivity index (χ2v) is 5.70. The van der Waals surface area contributed by atoms with Gasteiger partial charge in [0, 0.05) is 0 Å². The minimum atomic E-state index is -0.649. The highest BCUT2D eigenvalue weighted by Crippen LogP contribution is 2.23. The lowest BCUT2D eigenvalue weighted by Gasteiger charge is -2.34. The molecule has 0 amide bonds. The first-order chi connectivity index (χ1) is 6.90. The lowest BCUT2D eigenvalue weighted by atomic mass is 9.91. The predicted molar refractivity (Wildman–Crippen MR) is 60.9 cm³/mol. The average Bonchev–Trinajstić information content (AvgIpc) is 2.14. The van der Waals surface area contributed by atoms with E-state index in [2.05, 4.69) is 25.7 Å². The summed E-state index contributed by atoms with van der Waals surface area (Å²) < 4.78 is 0. The number of carboxylic acid groups (broad SMARTS) is 1. The summed E-state index contributed by atoms with van der Waals surface area (Å²) in [5, 5.41) is 9.10. The quantitative estimate of drug-likeness (QED) is 0.782. The predicted octanol–water partition coefficient (Wildman–Crippen LogP) is 2.36. The topological polar surface area (TPSA) is 40.5 Å². The molecular formula is C12H23NO2. The molecule has 1 atom stereocenters. The molecule has 0 bridgehead atoms. The van der Waals surface area contributed by atoms with Gasteiger partial charge in [-0.05, 0) is 37.8 Å². The molecule has 3 nitrogen and oxygen atoms in total. The number of aliphatic carboxylic acids is 1. The van der Waals surface area contributed by atoms with Crippen molar-refractivity contribution in [2.24, 2.45) is 5.41 Å². The Hall–Kier alpha value is -0.570. The summed E-state index contributed by atoms with van der Waals surface area (Å²) >= 11 is 0. The van der Waals surface area contributed by atoms with Crippen LogP contribution >= 0.6 is 0 Å². The van der Waals surface area contributed by atoms with Crippen molar-refractivity contribution in [1.29, 1.82) is 0 Å². The number of piperidine rings is 1. The van der Waals surface area contributed by atoms with Crippen molar-refractivity contribution in [3.05, 3.63) is 0 Å². The van der Waals surface area contributed by atoms with E-state index < -0.39 is 5.97 Å². The molecule has 0 aromatic rings. The third-order valence-corrected chi connectivity index (χ3v) is 3.05. The van der Waals surface area contributed by atoms with Gasteiger partial charge in [-0.25, -0.2) is 0 Å². The fourth-order valence-corrected chi connectivity index (χ4v) is 2.02. The highest BCUT2D eigenvalue weighted by Gasteiger charge is 2.28. The molecule has 1 heterocycles. The molecule has 0 aromatic carbocycles. The van der Waals surface area contributed by atoms with Crippen molar-refractivity contribution in [2.75, 3.05) is 13.1 Å². The molecule has 88 valence electrons. The van der Waals surface area contributed by atoms with Gasteiger partial charge in [0.15, 0.2) is 0 Å². The van der Waals surface area contributed by atoms with E-state index in [0.29, 0.717) is 5.41 Å². The lowest BCUT2D eigenvalue weighted by Crippen LogP contribution is -2.45. The molecular weight excluding hydrogens is 190 g/mol. The molecule has 0 radical (unpaired) electrons. The van der Waals surface area contributed by atoms with E-state index in [1.807, 2.05) is 0 Å². The molecule has 0 aromatic heterocycles. The van der Waals surface area contributed by atoms with E-state index in [0.717, 1.165) is 38.8 Å². The summed E-state index contributed by atoms with van der Waals surface area (Å²) in [6, 6.07) is -0.235. The summed E-state index contributed by atoms with van der Waals surface area (Å²) in [6.07, 6.45) is 4.09. The minimum Gasteiger partial charge on any atom is -0.480 e. The standard InChI is InChI=1S/C12H23NO2/c1-12(2,3)7-9-13-8-5-4-6-10(13)11(14)15/h10H,4-9H2,1-3H3,(H,14,15). The molecule has 1 aliphatic rings. The number of carbonyl (C=O) groups is 1. The van der Waals surface area contributed by atoms with Crippen LogP contribution in [-0.4, -0.2) is 35.1 Å². The first-order valence-corrected chi connectivity index (χ1v) is 5.87. The van der Waals surface area contributed by atoms with E-state index >= 15 is 0 Å². The van der Waals surface area contributed by atoms with E-state index in [-0.39, 0.29) is 6.04 Å². The fourth-order valence-electron chi connectivity index (χ4n) is 2.02. The highest BCUT2D eigenvalue weighted by molar-refractivity contribution is 5.73. The summed E-state index contributed by atoms with van der Waals surface area (Å²) in [5.74, 6) is -0.649. The smallest absolute Gasteiger partial charge is 0.320 e. The summed E-state index contributed by atoms with van der Waals surface area (Å²) in [7, 11) is 0. The third-order valence-electron chi connectivity index (χ3n) is 3.05. The normalized spacial score (nSPS) is 24.1. The Bertz CT molecular complexity index is 220. The molecule has 15 heavy (non-hydrogen) atoms. The van der Waals surface area contributed by atoms with Crippen molar-refractivity contribution in [2.45, 2.75) is 52.5 Å². The molecule has 1 fully saturated rings. The highest BCUT2D eigenvalue weighted by atomic mass is 16.4. The monoisotopic (exact) mass is 213 g/mol.